The summed E-state index contributed by atoms with van der Waals surface area (Å²) in [6.07, 6.45) is 1.59. The van der Waals surface area contributed by atoms with Crippen molar-refractivity contribution in [1.82, 2.24) is 4.98 Å². The topological polar surface area (TPSA) is 80.8 Å². The van der Waals surface area contributed by atoms with Crippen molar-refractivity contribution in [3.05, 3.63) is 42.6 Å². The molecule has 0 unspecified atom stereocenters. The van der Waals surface area contributed by atoms with E-state index in [-0.39, 0.29) is 6.04 Å². The van der Waals surface area contributed by atoms with Crippen molar-refractivity contribution >= 4 is 23.3 Å². The fourth-order valence-corrected chi connectivity index (χ4v) is 2.81. The van der Waals surface area contributed by atoms with Gasteiger partial charge < -0.3 is 14.8 Å². The molecule has 0 aliphatic carbocycles. The highest BCUT2D eigenvalue weighted by Crippen LogP contribution is 2.37. The van der Waals surface area contributed by atoms with Crippen LogP contribution in [0.5, 0.6) is 11.5 Å². The van der Waals surface area contributed by atoms with Gasteiger partial charge >= 0.3 is 0 Å². The van der Waals surface area contributed by atoms with Crippen molar-refractivity contribution in [1.29, 1.82) is 0 Å². The second kappa shape index (κ2) is 6.67. The number of rotatable bonds is 4. The standard InChI is InChI=1S/C19H21N3O4/c1-12(2)22-16-15(9-6-10-20-16)26-19(3,18(22)24)17(23)21-13-7-5-8-14(11-13)25-4/h5-12H,1-4H3,(H,21,23)/t19-/m1/s1. The number of nitrogens with one attached hydrogen (secondary N) is 1. The number of nitrogens with zero attached hydrogens (tertiary/aromatic N) is 2. The van der Waals surface area contributed by atoms with Crippen LogP contribution in [0.4, 0.5) is 11.5 Å². The second-order valence-corrected chi connectivity index (χ2v) is 6.42. The van der Waals surface area contributed by atoms with E-state index in [0.29, 0.717) is 23.0 Å². The first-order valence-corrected chi connectivity index (χ1v) is 8.30. The van der Waals surface area contributed by atoms with Crippen molar-refractivity contribution in [2.75, 3.05) is 17.3 Å². The average Bonchev–Trinajstić information content (AvgIpc) is 2.62. The van der Waals surface area contributed by atoms with E-state index < -0.39 is 17.4 Å². The number of carbonyl (C=O) groups excluding carboxylic acids is 2. The number of hydrogen-bond donors (Lipinski definition) is 1. The lowest BCUT2D eigenvalue weighted by Crippen LogP contribution is -2.62. The van der Waals surface area contributed by atoms with Crippen LogP contribution in [0.1, 0.15) is 20.8 Å². The molecule has 0 radical (unpaired) electrons. The summed E-state index contributed by atoms with van der Waals surface area (Å²) < 4.78 is 11.0. The summed E-state index contributed by atoms with van der Waals surface area (Å²) in [5.41, 5.74) is -1.19. The number of aromatic nitrogens is 1. The molecule has 7 heteroatoms. The Morgan fingerprint density at radius 3 is 2.77 bits per heavy atom. The van der Waals surface area contributed by atoms with Crippen molar-refractivity contribution in [3.63, 3.8) is 0 Å². The summed E-state index contributed by atoms with van der Waals surface area (Å²) in [5, 5.41) is 2.74. The molecule has 1 aliphatic rings. The van der Waals surface area contributed by atoms with Gasteiger partial charge in [-0.3, -0.25) is 14.5 Å². The van der Waals surface area contributed by atoms with Gasteiger partial charge in [-0.15, -0.1) is 0 Å². The minimum absolute atomic E-state index is 0.177. The van der Waals surface area contributed by atoms with Crippen LogP contribution in [-0.2, 0) is 9.59 Å². The van der Waals surface area contributed by atoms with Crippen LogP contribution in [0, 0.1) is 0 Å². The quantitative estimate of drug-likeness (QED) is 0.853. The largest absolute Gasteiger partial charge is 0.497 e. The predicted molar refractivity (Wildman–Crippen MR) is 97.5 cm³/mol. The molecule has 0 saturated carbocycles. The molecular weight excluding hydrogens is 334 g/mol. The molecule has 0 fully saturated rings. The van der Waals surface area contributed by atoms with Gasteiger partial charge in [0.25, 0.3) is 17.4 Å². The summed E-state index contributed by atoms with van der Waals surface area (Å²) in [5.74, 6) is 0.389. The van der Waals surface area contributed by atoms with Gasteiger partial charge in [-0.1, -0.05) is 6.07 Å². The Labute approximate surface area is 151 Å². The third-order valence-electron chi connectivity index (χ3n) is 4.20. The molecule has 1 aliphatic heterocycles. The second-order valence-electron chi connectivity index (χ2n) is 6.42. The van der Waals surface area contributed by atoms with Crippen molar-refractivity contribution in [3.8, 4) is 11.5 Å². The van der Waals surface area contributed by atoms with Crippen LogP contribution in [0.3, 0.4) is 0 Å². The Balaban J connectivity index is 1.95. The molecule has 0 bridgehead atoms. The molecule has 3 rings (SSSR count). The van der Waals surface area contributed by atoms with E-state index >= 15 is 0 Å². The van der Waals surface area contributed by atoms with Gasteiger partial charge in [-0.25, -0.2) is 4.98 Å². The highest BCUT2D eigenvalue weighted by molar-refractivity contribution is 6.19. The monoisotopic (exact) mass is 355 g/mol. The van der Waals surface area contributed by atoms with Crippen LogP contribution < -0.4 is 19.7 Å². The Kier molecular flexibility index (Phi) is 4.54. The Morgan fingerprint density at radius 2 is 2.08 bits per heavy atom. The number of hydrogen-bond acceptors (Lipinski definition) is 5. The highest BCUT2D eigenvalue weighted by Gasteiger charge is 2.51. The average molecular weight is 355 g/mol. The highest BCUT2D eigenvalue weighted by atomic mass is 16.5. The number of anilines is 2. The normalized spacial score (nSPS) is 19.0. The zero-order valence-electron chi connectivity index (χ0n) is 15.1. The Bertz CT molecular complexity index is 852. The number of pyridine rings is 1. The number of amides is 2. The molecule has 1 N–H and O–H groups in total. The number of fused-ring (bicyclic) bond motifs is 1. The van der Waals surface area contributed by atoms with Gasteiger partial charge in [0, 0.05) is 24.0 Å². The Morgan fingerprint density at radius 1 is 1.31 bits per heavy atom. The van der Waals surface area contributed by atoms with E-state index in [4.69, 9.17) is 9.47 Å². The van der Waals surface area contributed by atoms with E-state index in [1.54, 1.807) is 49.7 Å². The summed E-state index contributed by atoms with van der Waals surface area (Å²) in [6.45, 7) is 5.19. The lowest BCUT2D eigenvalue weighted by molar-refractivity contribution is -0.145. The smallest absolute Gasteiger partial charge is 0.282 e. The third-order valence-corrected chi connectivity index (χ3v) is 4.20. The predicted octanol–water partition coefficient (Wildman–Crippen LogP) is 2.62. The van der Waals surface area contributed by atoms with Gasteiger partial charge in [0.1, 0.15) is 5.75 Å². The van der Waals surface area contributed by atoms with Gasteiger partial charge in [0.15, 0.2) is 11.6 Å². The maximum atomic E-state index is 13.1. The van der Waals surface area contributed by atoms with E-state index in [2.05, 4.69) is 10.3 Å². The maximum absolute atomic E-state index is 13.1. The fourth-order valence-electron chi connectivity index (χ4n) is 2.81. The fraction of sp³-hybridized carbons (Fsp3) is 0.316. The number of carbonyl (C=O) groups is 2. The zero-order chi connectivity index (χ0) is 18.9. The first-order valence-electron chi connectivity index (χ1n) is 8.30. The van der Waals surface area contributed by atoms with Gasteiger partial charge in [-0.05, 0) is 45.0 Å². The summed E-state index contributed by atoms with van der Waals surface area (Å²) in [6, 6.07) is 10.1. The van der Waals surface area contributed by atoms with Gasteiger partial charge in [-0.2, -0.15) is 0 Å². The molecular formula is C19H21N3O4. The Hall–Kier alpha value is -3.09. The molecule has 2 aromatic rings. The summed E-state index contributed by atoms with van der Waals surface area (Å²) in [4.78, 5) is 31.7. The van der Waals surface area contributed by atoms with Crippen molar-refractivity contribution in [2.24, 2.45) is 0 Å². The van der Waals surface area contributed by atoms with Crippen LogP contribution >= 0.6 is 0 Å². The molecule has 2 amide bonds. The van der Waals surface area contributed by atoms with E-state index in [0.717, 1.165) is 0 Å². The van der Waals surface area contributed by atoms with Crippen LogP contribution in [0.25, 0.3) is 0 Å². The lowest BCUT2D eigenvalue weighted by Gasteiger charge is -2.40. The lowest BCUT2D eigenvalue weighted by atomic mass is 9.99. The number of benzene rings is 1. The molecule has 0 saturated heterocycles. The van der Waals surface area contributed by atoms with Crippen molar-refractivity contribution < 1.29 is 19.1 Å². The van der Waals surface area contributed by atoms with E-state index in [1.807, 2.05) is 13.8 Å². The molecule has 1 aromatic heterocycles. The van der Waals surface area contributed by atoms with Gasteiger partial charge in [0.2, 0.25) is 0 Å². The van der Waals surface area contributed by atoms with Gasteiger partial charge in [0.05, 0.1) is 7.11 Å². The molecule has 0 spiro atoms. The number of ether oxygens (including phenoxy) is 2. The maximum Gasteiger partial charge on any atom is 0.282 e. The number of methoxy groups -OCH3 is 1. The summed E-state index contributed by atoms with van der Waals surface area (Å²) >= 11 is 0. The SMILES string of the molecule is COc1cccc(NC(=O)[C@@]2(C)Oc3cccnc3N(C(C)C)C2=O)c1. The zero-order valence-corrected chi connectivity index (χ0v) is 15.1. The first kappa shape index (κ1) is 17.7. The molecule has 2 heterocycles. The molecule has 26 heavy (non-hydrogen) atoms. The molecule has 136 valence electrons. The van der Waals surface area contributed by atoms with Crippen LogP contribution in [0.15, 0.2) is 42.6 Å². The molecule has 1 atom stereocenters. The minimum atomic E-state index is -1.70. The first-order chi connectivity index (χ1) is 12.4. The molecule has 1 aromatic carbocycles. The summed E-state index contributed by atoms with van der Waals surface area (Å²) in [7, 11) is 1.54. The van der Waals surface area contributed by atoms with Crippen LogP contribution in [0.2, 0.25) is 0 Å². The van der Waals surface area contributed by atoms with Crippen molar-refractivity contribution in [2.45, 2.75) is 32.4 Å². The molecule has 7 nitrogen and oxygen atoms in total. The van der Waals surface area contributed by atoms with E-state index in [1.165, 1.54) is 11.8 Å². The third kappa shape index (κ3) is 2.96. The van der Waals surface area contributed by atoms with Crippen LogP contribution in [-0.4, -0.2) is 35.6 Å². The minimum Gasteiger partial charge on any atom is -0.497 e. The van der Waals surface area contributed by atoms with E-state index in [9.17, 15) is 9.59 Å².